The average Bonchev–Trinajstić information content (AvgIpc) is 2.02. The summed E-state index contributed by atoms with van der Waals surface area (Å²) in [6, 6.07) is 0. The highest BCUT2D eigenvalue weighted by molar-refractivity contribution is 5.82. The summed E-state index contributed by atoms with van der Waals surface area (Å²) in [7, 11) is 0. The van der Waals surface area contributed by atoms with Crippen LogP contribution in [0.3, 0.4) is 0 Å². The second kappa shape index (κ2) is 5.95. The van der Waals surface area contributed by atoms with Crippen LogP contribution in [0.5, 0.6) is 0 Å². The lowest BCUT2D eigenvalue weighted by Crippen LogP contribution is -2.29. The van der Waals surface area contributed by atoms with Gasteiger partial charge in [0, 0.05) is 6.92 Å². The molecule has 0 radical (unpaired) electrons. The van der Waals surface area contributed by atoms with Crippen LogP contribution < -0.4 is 0 Å². The number of esters is 2. The fraction of sp³-hybridized carbons (Fsp3) is 0.625. The molecule has 1 N–H and O–H groups in total. The van der Waals surface area contributed by atoms with Crippen molar-refractivity contribution in [2.24, 2.45) is 0 Å². The third-order valence-electron chi connectivity index (χ3n) is 1.24. The number of carbonyl (C=O) groups excluding carboxylic acids is 2. The predicted molar refractivity (Wildman–Crippen MR) is 44.4 cm³/mol. The van der Waals surface area contributed by atoms with Gasteiger partial charge in [-0.1, -0.05) is 0 Å². The number of ether oxygens (including phenoxy) is 2. The van der Waals surface area contributed by atoms with E-state index in [4.69, 9.17) is 5.11 Å². The molecule has 0 aliphatic rings. The fourth-order valence-corrected chi connectivity index (χ4v) is 0.751. The van der Waals surface area contributed by atoms with Crippen LogP contribution in [0.15, 0.2) is 0 Å². The summed E-state index contributed by atoms with van der Waals surface area (Å²) in [4.78, 5) is 31.8. The van der Waals surface area contributed by atoms with E-state index in [1.165, 1.54) is 0 Å². The van der Waals surface area contributed by atoms with Crippen molar-refractivity contribution in [3.05, 3.63) is 0 Å². The molecule has 0 aromatic heterocycles. The lowest BCUT2D eigenvalue weighted by atomic mass is 10.2. The maximum atomic E-state index is 10.9. The van der Waals surface area contributed by atoms with E-state index in [-0.39, 0.29) is 6.61 Å². The van der Waals surface area contributed by atoms with Crippen LogP contribution in [0.4, 0.5) is 0 Å². The van der Waals surface area contributed by atoms with Gasteiger partial charge in [0.2, 0.25) is 6.10 Å². The first-order valence-electron chi connectivity index (χ1n) is 4.03. The molecule has 6 nitrogen and oxygen atoms in total. The van der Waals surface area contributed by atoms with Crippen molar-refractivity contribution in [1.82, 2.24) is 0 Å². The van der Waals surface area contributed by atoms with Gasteiger partial charge in [-0.05, 0) is 6.92 Å². The van der Waals surface area contributed by atoms with E-state index in [2.05, 4.69) is 9.47 Å². The van der Waals surface area contributed by atoms with Gasteiger partial charge in [0.05, 0.1) is 13.0 Å². The lowest BCUT2D eigenvalue weighted by molar-refractivity contribution is -0.167. The molecular formula is C8H12O6. The fourth-order valence-electron chi connectivity index (χ4n) is 0.751. The van der Waals surface area contributed by atoms with Gasteiger partial charge >= 0.3 is 17.9 Å². The number of aliphatic carboxylic acids is 1. The largest absolute Gasteiger partial charge is 0.478 e. The summed E-state index contributed by atoms with van der Waals surface area (Å²) >= 11 is 0. The normalized spacial score (nSPS) is 11.6. The molecule has 6 heteroatoms. The number of hydrogen-bond donors (Lipinski definition) is 1. The van der Waals surface area contributed by atoms with E-state index >= 15 is 0 Å². The van der Waals surface area contributed by atoms with Gasteiger partial charge in [0.15, 0.2) is 0 Å². The zero-order chi connectivity index (χ0) is 11.1. The smallest absolute Gasteiger partial charge is 0.345 e. The van der Waals surface area contributed by atoms with Crippen molar-refractivity contribution >= 4 is 17.9 Å². The van der Waals surface area contributed by atoms with E-state index < -0.39 is 30.4 Å². The first-order valence-corrected chi connectivity index (χ1v) is 4.03. The molecular weight excluding hydrogens is 192 g/mol. The van der Waals surface area contributed by atoms with Crippen LogP contribution in [0, 0.1) is 0 Å². The van der Waals surface area contributed by atoms with Crippen LogP contribution in [0.25, 0.3) is 0 Å². The highest BCUT2D eigenvalue weighted by Crippen LogP contribution is 2.01. The van der Waals surface area contributed by atoms with Gasteiger partial charge < -0.3 is 14.6 Å². The zero-order valence-electron chi connectivity index (χ0n) is 7.98. The summed E-state index contributed by atoms with van der Waals surface area (Å²) in [5.41, 5.74) is 0. The van der Waals surface area contributed by atoms with Crippen LogP contribution in [0.2, 0.25) is 0 Å². The molecule has 0 aromatic carbocycles. The van der Waals surface area contributed by atoms with E-state index in [0.29, 0.717) is 0 Å². The van der Waals surface area contributed by atoms with Gasteiger partial charge in [0.1, 0.15) is 0 Å². The molecule has 0 amide bonds. The number of hydrogen-bond acceptors (Lipinski definition) is 5. The number of carbonyl (C=O) groups is 3. The van der Waals surface area contributed by atoms with Crippen molar-refractivity contribution < 1.29 is 29.0 Å². The molecule has 0 rings (SSSR count). The van der Waals surface area contributed by atoms with E-state index in [1.54, 1.807) is 6.92 Å². The van der Waals surface area contributed by atoms with Gasteiger partial charge in [-0.2, -0.15) is 0 Å². The first-order chi connectivity index (χ1) is 6.47. The van der Waals surface area contributed by atoms with Crippen LogP contribution in [-0.4, -0.2) is 35.7 Å². The second-order valence-electron chi connectivity index (χ2n) is 2.45. The third-order valence-corrected chi connectivity index (χ3v) is 1.24. The monoisotopic (exact) mass is 204 g/mol. The summed E-state index contributed by atoms with van der Waals surface area (Å²) in [6.45, 7) is 2.83. The Labute approximate surface area is 80.8 Å². The van der Waals surface area contributed by atoms with E-state index in [0.717, 1.165) is 6.92 Å². The maximum Gasteiger partial charge on any atom is 0.345 e. The minimum absolute atomic E-state index is 0.158. The minimum Gasteiger partial charge on any atom is -0.478 e. The Bertz CT molecular complexity index is 234. The molecule has 0 spiro atoms. The van der Waals surface area contributed by atoms with Crippen LogP contribution in [-0.2, 0) is 23.9 Å². The van der Waals surface area contributed by atoms with Crippen molar-refractivity contribution in [3.8, 4) is 0 Å². The molecule has 0 saturated carbocycles. The van der Waals surface area contributed by atoms with Gasteiger partial charge in [-0.25, -0.2) is 4.79 Å². The molecule has 0 aromatic rings. The van der Waals surface area contributed by atoms with Crippen molar-refractivity contribution in [2.75, 3.05) is 6.61 Å². The van der Waals surface area contributed by atoms with E-state index in [1.807, 2.05) is 0 Å². The van der Waals surface area contributed by atoms with E-state index in [9.17, 15) is 14.4 Å². The molecule has 0 saturated heterocycles. The molecule has 1 atom stereocenters. The van der Waals surface area contributed by atoms with Crippen molar-refractivity contribution in [1.29, 1.82) is 0 Å². The molecule has 0 aliphatic heterocycles. The summed E-state index contributed by atoms with van der Waals surface area (Å²) in [5.74, 6) is -2.82. The molecule has 0 fully saturated rings. The molecule has 0 heterocycles. The highest BCUT2D eigenvalue weighted by atomic mass is 16.6. The second-order valence-corrected chi connectivity index (χ2v) is 2.45. The van der Waals surface area contributed by atoms with Gasteiger partial charge in [0.25, 0.3) is 0 Å². The Hall–Kier alpha value is -1.59. The Kier molecular flexibility index (Phi) is 5.28. The quantitative estimate of drug-likeness (QED) is 0.632. The average molecular weight is 204 g/mol. The highest BCUT2D eigenvalue weighted by Gasteiger charge is 2.24. The SMILES string of the molecule is CCOC(=O)C[C@@H](OC(C)=O)C(=O)O. The molecule has 0 aliphatic carbocycles. The number of rotatable bonds is 5. The molecule has 80 valence electrons. The Morgan fingerprint density at radius 2 is 1.93 bits per heavy atom. The topological polar surface area (TPSA) is 89.9 Å². The van der Waals surface area contributed by atoms with Crippen molar-refractivity contribution in [2.45, 2.75) is 26.4 Å². The first kappa shape index (κ1) is 12.4. The molecule has 14 heavy (non-hydrogen) atoms. The van der Waals surface area contributed by atoms with Gasteiger partial charge in [-0.15, -0.1) is 0 Å². The summed E-state index contributed by atoms with van der Waals surface area (Å²) in [5, 5.41) is 8.55. The number of carboxylic acid groups (broad SMARTS) is 1. The lowest BCUT2D eigenvalue weighted by Gasteiger charge is -2.10. The Balaban J connectivity index is 4.16. The zero-order valence-corrected chi connectivity index (χ0v) is 7.98. The van der Waals surface area contributed by atoms with Crippen LogP contribution >= 0.6 is 0 Å². The Morgan fingerprint density at radius 1 is 1.36 bits per heavy atom. The molecule has 0 bridgehead atoms. The number of carboxylic acids is 1. The third kappa shape index (κ3) is 5.13. The van der Waals surface area contributed by atoms with Crippen LogP contribution in [0.1, 0.15) is 20.3 Å². The summed E-state index contributed by atoms with van der Waals surface area (Å²) < 4.78 is 8.90. The standard InChI is InChI=1S/C8H12O6/c1-3-13-7(10)4-6(8(11)12)14-5(2)9/h6H,3-4H2,1-2H3,(H,11,12)/t6-/m1/s1. The maximum absolute atomic E-state index is 10.9. The predicted octanol–water partition coefficient (Wildman–Crippen LogP) is -0.0441. The van der Waals surface area contributed by atoms with Crippen molar-refractivity contribution in [3.63, 3.8) is 0 Å². The molecule has 0 unspecified atom stereocenters. The van der Waals surface area contributed by atoms with Gasteiger partial charge in [-0.3, -0.25) is 9.59 Å². The minimum atomic E-state index is -1.47. The Morgan fingerprint density at radius 3 is 2.29 bits per heavy atom. The summed E-state index contributed by atoms with van der Waals surface area (Å²) in [6.07, 6.45) is -1.94.